The molecule has 1 unspecified atom stereocenters. The van der Waals surface area contributed by atoms with E-state index in [1.807, 2.05) is 6.92 Å². The number of unbranched alkanes of at least 4 members (excludes halogenated alkanes) is 2. The fourth-order valence-electron chi connectivity index (χ4n) is 1.70. The Morgan fingerprint density at radius 2 is 1.55 bits per heavy atom. The molecule has 0 bridgehead atoms. The van der Waals surface area contributed by atoms with E-state index in [1.165, 1.54) is 0 Å². The smallest absolute Gasteiger partial charge is 0.305 e. The van der Waals surface area contributed by atoms with Crippen LogP contribution in [-0.4, -0.2) is 23.1 Å². The predicted molar refractivity (Wildman–Crippen MR) is 90.1 cm³/mol. The Labute approximate surface area is 143 Å². The standard InChI is InChI=1S/C8H13ClO3.C8H15ClO/c1-2-12-8(11)6-4-3-5-7(9)10;1-3-5-6-7(4-2)8(9)10/h2-6H2,1H3;7H,3-6H2,1-2H3. The van der Waals surface area contributed by atoms with Gasteiger partial charge in [0.1, 0.15) is 0 Å². The Morgan fingerprint density at radius 3 is 1.95 bits per heavy atom. The van der Waals surface area contributed by atoms with Crippen LogP contribution in [0.25, 0.3) is 0 Å². The minimum absolute atomic E-state index is 0.0987. The molecule has 0 fully saturated rings. The summed E-state index contributed by atoms with van der Waals surface area (Å²) in [6.07, 6.45) is 6.10. The first-order valence-electron chi connectivity index (χ1n) is 7.92. The second-order valence-corrected chi connectivity index (χ2v) is 5.71. The molecule has 0 saturated carbocycles. The molecule has 130 valence electrons. The summed E-state index contributed by atoms with van der Waals surface area (Å²) in [5.74, 6) is -0.110. The van der Waals surface area contributed by atoms with Crippen molar-refractivity contribution in [1.29, 1.82) is 0 Å². The van der Waals surface area contributed by atoms with Crippen LogP contribution < -0.4 is 0 Å². The van der Waals surface area contributed by atoms with E-state index in [0.29, 0.717) is 32.3 Å². The van der Waals surface area contributed by atoms with Gasteiger partial charge in [0.25, 0.3) is 0 Å². The fourth-order valence-corrected chi connectivity index (χ4v) is 2.09. The van der Waals surface area contributed by atoms with Crippen molar-refractivity contribution in [2.45, 2.75) is 72.1 Å². The lowest BCUT2D eigenvalue weighted by molar-refractivity contribution is -0.143. The zero-order valence-electron chi connectivity index (χ0n) is 13.8. The minimum atomic E-state index is -0.348. The summed E-state index contributed by atoms with van der Waals surface area (Å²) in [5, 5.41) is -0.519. The molecule has 0 amide bonds. The summed E-state index contributed by atoms with van der Waals surface area (Å²) in [7, 11) is 0. The van der Waals surface area contributed by atoms with Crippen molar-refractivity contribution in [1.82, 2.24) is 0 Å². The summed E-state index contributed by atoms with van der Waals surface area (Å²) >= 11 is 10.4. The summed E-state index contributed by atoms with van der Waals surface area (Å²) < 4.78 is 4.69. The Kier molecular flexibility index (Phi) is 18.0. The van der Waals surface area contributed by atoms with Gasteiger partial charge < -0.3 is 4.74 Å². The molecule has 0 aliphatic carbocycles. The Balaban J connectivity index is 0. The second-order valence-electron chi connectivity index (χ2n) is 4.92. The average Bonchev–Trinajstić information content (AvgIpc) is 2.45. The molecule has 0 aromatic heterocycles. The molecule has 4 nitrogen and oxygen atoms in total. The number of halogens is 2. The van der Waals surface area contributed by atoms with Crippen LogP contribution in [0.5, 0.6) is 0 Å². The van der Waals surface area contributed by atoms with Gasteiger partial charge >= 0.3 is 5.97 Å². The van der Waals surface area contributed by atoms with Gasteiger partial charge in [-0.25, -0.2) is 0 Å². The number of carbonyl (C=O) groups excluding carboxylic acids is 3. The van der Waals surface area contributed by atoms with Crippen LogP contribution in [-0.2, 0) is 19.1 Å². The van der Waals surface area contributed by atoms with Gasteiger partial charge in [-0.15, -0.1) is 0 Å². The molecular weight excluding hydrogens is 327 g/mol. The van der Waals surface area contributed by atoms with Crippen LogP contribution in [0.3, 0.4) is 0 Å². The van der Waals surface area contributed by atoms with Crippen molar-refractivity contribution >= 4 is 39.7 Å². The molecule has 0 spiro atoms. The van der Waals surface area contributed by atoms with Gasteiger partial charge in [-0.1, -0.05) is 26.7 Å². The van der Waals surface area contributed by atoms with Crippen LogP contribution in [0, 0.1) is 5.92 Å². The maximum absolute atomic E-state index is 10.7. The van der Waals surface area contributed by atoms with E-state index in [0.717, 1.165) is 25.7 Å². The Bertz CT molecular complexity index is 319. The van der Waals surface area contributed by atoms with Crippen molar-refractivity contribution in [2.75, 3.05) is 6.61 Å². The normalized spacial score (nSPS) is 11.1. The third kappa shape index (κ3) is 17.4. The van der Waals surface area contributed by atoms with Crippen LogP contribution in [0.1, 0.15) is 72.1 Å². The lowest BCUT2D eigenvalue weighted by Crippen LogP contribution is -2.06. The minimum Gasteiger partial charge on any atom is -0.466 e. The van der Waals surface area contributed by atoms with Crippen molar-refractivity contribution in [3.05, 3.63) is 0 Å². The molecule has 0 aromatic carbocycles. The average molecular weight is 355 g/mol. The highest BCUT2D eigenvalue weighted by Gasteiger charge is 2.11. The largest absolute Gasteiger partial charge is 0.466 e. The van der Waals surface area contributed by atoms with E-state index in [9.17, 15) is 14.4 Å². The van der Waals surface area contributed by atoms with E-state index >= 15 is 0 Å². The highest BCUT2D eigenvalue weighted by Crippen LogP contribution is 2.14. The SMILES string of the molecule is CCCCC(CC)C(=O)Cl.CCOC(=O)CCCCC(=O)Cl. The predicted octanol–water partition coefficient (Wildman–Crippen LogP) is 4.84. The van der Waals surface area contributed by atoms with Crippen LogP contribution in [0.4, 0.5) is 0 Å². The first-order chi connectivity index (χ1) is 10.4. The molecule has 0 radical (unpaired) electrons. The van der Waals surface area contributed by atoms with Gasteiger partial charge in [-0.2, -0.15) is 0 Å². The van der Waals surface area contributed by atoms with Gasteiger partial charge in [-0.05, 0) is 55.8 Å². The van der Waals surface area contributed by atoms with Gasteiger partial charge in [0.2, 0.25) is 10.5 Å². The van der Waals surface area contributed by atoms with Gasteiger partial charge in [0, 0.05) is 18.8 Å². The first-order valence-corrected chi connectivity index (χ1v) is 8.67. The quantitative estimate of drug-likeness (QED) is 0.302. The van der Waals surface area contributed by atoms with Gasteiger partial charge in [-0.3, -0.25) is 14.4 Å². The molecule has 22 heavy (non-hydrogen) atoms. The highest BCUT2D eigenvalue weighted by molar-refractivity contribution is 6.64. The Morgan fingerprint density at radius 1 is 0.955 bits per heavy atom. The van der Waals surface area contributed by atoms with E-state index in [4.69, 9.17) is 27.9 Å². The van der Waals surface area contributed by atoms with Gasteiger partial charge in [0.05, 0.1) is 6.61 Å². The van der Waals surface area contributed by atoms with Crippen molar-refractivity contribution < 1.29 is 19.1 Å². The number of esters is 1. The number of hydrogen-bond donors (Lipinski definition) is 0. The molecule has 0 aliphatic heterocycles. The van der Waals surface area contributed by atoms with Gasteiger partial charge in [0.15, 0.2) is 0 Å². The number of hydrogen-bond acceptors (Lipinski definition) is 4. The number of carbonyl (C=O) groups is 3. The molecule has 6 heteroatoms. The first kappa shape index (κ1) is 23.7. The van der Waals surface area contributed by atoms with E-state index in [2.05, 4.69) is 6.92 Å². The third-order valence-electron chi connectivity index (χ3n) is 3.03. The highest BCUT2D eigenvalue weighted by atomic mass is 35.5. The van der Waals surface area contributed by atoms with Crippen LogP contribution in [0.15, 0.2) is 0 Å². The molecule has 1 atom stereocenters. The molecular formula is C16H28Cl2O4. The Hall–Kier alpha value is -0.610. The fraction of sp³-hybridized carbons (Fsp3) is 0.812. The van der Waals surface area contributed by atoms with Crippen LogP contribution >= 0.6 is 23.2 Å². The van der Waals surface area contributed by atoms with Crippen LogP contribution in [0.2, 0.25) is 0 Å². The van der Waals surface area contributed by atoms with E-state index < -0.39 is 0 Å². The van der Waals surface area contributed by atoms with E-state index in [1.54, 1.807) is 6.92 Å². The topological polar surface area (TPSA) is 60.4 Å². The summed E-state index contributed by atoms with van der Waals surface area (Å²) in [5.41, 5.74) is 0. The molecule has 0 aliphatic rings. The summed E-state index contributed by atoms with van der Waals surface area (Å²) in [6.45, 7) is 6.29. The molecule has 0 rings (SSSR count). The summed E-state index contributed by atoms with van der Waals surface area (Å²) in [6, 6.07) is 0. The van der Waals surface area contributed by atoms with Crippen molar-refractivity contribution in [2.24, 2.45) is 5.92 Å². The summed E-state index contributed by atoms with van der Waals surface area (Å²) in [4.78, 5) is 31.7. The molecule has 0 N–H and O–H groups in total. The van der Waals surface area contributed by atoms with Crippen molar-refractivity contribution in [3.8, 4) is 0 Å². The molecule has 0 aromatic rings. The maximum atomic E-state index is 10.7. The zero-order valence-corrected chi connectivity index (χ0v) is 15.3. The number of rotatable bonds is 11. The third-order valence-corrected chi connectivity index (χ3v) is 3.53. The molecule has 0 saturated heterocycles. The van der Waals surface area contributed by atoms with E-state index in [-0.39, 0.29) is 22.4 Å². The maximum Gasteiger partial charge on any atom is 0.305 e. The second kappa shape index (κ2) is 16.8. The zero-order chi connectivity index (χ0) is 17.4. The lowest BCUT2D eigenvalue weighted by atomic mass is 10.0. The van der Waals surface area contributed by atoms with Crippen molar-refractivity contribution in [3.63, 3.8) is 0 Å². The monoisotopic (exact) mass is 354 g/mol. The molecule has 0 heterocycles. The number of ether oxygens (including phenoxy) is 1. The lowest BCUT2D eigenvalue weighted by Gasteiger charge is -2.06.